The summed E-state index contributed by atoms with van der Waals surface area (Å²) < 4.78 is 16.3. The summed E-state index contributed by atoms with van der Waals surface area (Å²) in [7, 11) is 0.858. The van der Waals surface area contributed by atoms with Gasteiger partial charge in [0.15, 0.2) is 15.3 Å². The number of methoxy groups -OCH3 is 1. The molecule has 1 aliphatic heterocycles. The highest BCUT2D eigenvalue weighted by molar-refractivity contribution is 6.48. The maximum absolute atomic E-state index is 5.61. The molecule has 1 fully saturated rings. The first-order valence-electron chi connectivity index (χ1n) is 5.02. The molecule has 0 saturated carbocycles. The molecule has 2 unspecified atom stereocenters. The van der Waals surface area contributed by atoms with E-state index in [4.69, 9.17) is 13.9 Å². The van der Waals surface area contributed by atoms with Crippen LogP contribution in [-0.2, 0) is 13.9 Å². The van der Waals surface area contributed by atoms with Gasteiger partial charge in [-0.2, -0.15) is 0 Å². The van der Waals surface area contributed by atoms with Crippen LogP contribution in [-0.4, -0.2) is 35.2 Å². The summed E-state index contributed by atoms with van der Waals surface area (Å²) in [5.41, 5.74) is 0. The van der Waals surface area contributed by atoms with Gasteiger partial charge in [-0.1, -0.05) is 0 Å². The molecule has 1 rings (SSSR count). The molecule has 4 heteroatoms. The molecule has 1 aliphatic rings. The lowest BCUT2D eigenvalue weighted by Gasteiger charge is -2.13. The van der Waals surface area contributed by atoms with Crippen molar-refractivity contribution in [2.45, 2.75) is 44.8 Å². The lowest BCUT2D eigenvalue weighted by atomic mass is 10.2. The summed E-state index contributed by atoms with van der Waals surface area (Å²) >= 11 is 0. The van der Waals surface area contributed by atoms with Crippen LogP contribution in [0.1, 0.15) is 19.3 Å². The highest BCUT2D eigenvalue weighted by atomic mass is 28.3. The maximum Gasteiger partial charge on any atom is 0.170 e. The predicted molar refractivity (Wildman–Crippen MR) is 54.4 cm³/mol. The minimum Gasteiger partial charge on any atom is -0.420 e. The largest absolute Gasteiger partial charge is 0.420 e. The normalized spacial score (nSPS) is 28.6. The van der Waals surface area contributed by atoms with E-state index in [9.17, 15) is 0 Å². The van der Waals surface area contributed by atoms with Gasteiger partial charge in [0.2, 0.25) is 0 Å². The van der Waals surface area contributed by atoms with Crippen molar-refractivity contribution in [2.24, 2.45) is 0 Å². The van der Waals surface area contributed by atoms with Gasteiger partial charge in [0, 0.05) is 20.1 Å². The topological polar surface area (TPSA) is 27.7 Å². The van der Waals surface area contributed by atoms with Crippen LogP contribution in [0.3, 0.4) is 0 Å². The van der Waals surface area contributed by atoms with Crippen LogP contribution in [0.4, 0.5) is 0 Å². The van der Waals surface area contributed by atoms with Gasteiger partial charge >= 0.3 is 0 Å². The third-order valence-electron chi connectivity index (χ3n) is 2.22. The lowest BCUT2D eigenvalue weighted by Crippen LogP contribution is -2.16. The monoisotopic (exact) mass is 204 g/mol. The van der Waals surface area contributed by atoms with Crippen molar-refractivity contribution < 1.29 is 13.9 Å². The highest BCUT2D eigenvalue weighted by Gasteiger charge is 2.24. The van der Waals surface area contributed by atoms with Crippen LogP contribution in [0.5, 0.6) is 0 Å². The van der Waals surface area contributed by atoms with E-state index in [1.54, 1.807) is 7.11 Å². The molecule has 0 spiro atoms. The standard InChI is InChI=1S/C9H20O3Si/c1-10-9-5-4-8(12-9)6-7-11-13(2)3/h8-9,13H,4-7H2,1-3H3. The first-order chi connectivity index (χ1) is 6.22. The van der Waals surface area contributed by atoms with Crippen molar-refractivity contribution >= 4 is 9.04 Å². The van der Waals surface area contributed by atoms with Crippen molar-refractivity contribution in [3.05, 3.63) is 0 Å². The summed E-state index contributed by atoms with van der Waals surface area (Å²) in [5.74, 6) is 0. The Labute approximate surface area is 82.1 Å². The van der Waals surface area contributed by atoms with Gasteiger partial charge in [-0.05, 0) is 25.9 Å². The average molecular weight is 204 g/mol. The van der Waals surface area contributed by atoms with Crippen molar-refractivity contribution in [1.29, 1.82) is 0 Å². The van der Waals surface area contributed by atoms with Crippen LogP contribution < -0.4 is 0 Å². The molecule has 3 nitrogen and oxygen atoms in total. The SMILES string of the molecule is COC1CCC(CCO[SiH](C)C)O1. The molecule has 0 aliphatic carbocycles. The molecule has 0 bridgehead atoms. The zero-order valence-electron chi connectivity index (χ0n) is 8.79. The molecule has 0 aromatic rings. The van der Waals surface area contributed by atoms with E-state index in [-0.39, 0.29) is 6.29 Å². The van der Waals surface area contributed by atoms with Gasteiger partial charge < -0.3 is 13.9 Å². The molecule has 0 aromatic heterocycles. The first kappa shape index (κ1) is 11.2. The molecule has 0 N–H and O–H groups in total. The Morgan fingerprint density at radius 1 is 1.38 bits per heavy atom. The number of rotatable bonds is 5. The summed E-state index contributed by atoms with van der Waals surface area (Å²) in [6.07, 6.45) is 3.55. The van der Waals surface area contributed by atoms with Crippen molar-refractivity contribution in [3.63, 3.8) is 0 Å². The molecule has 13 heavy (non-hydrogen) atoms. The fourth-order valence-corrected chi connectivity index (χ4v) is 2.10. The van der Waals surface area contributed by atoms with Gasteiger partial charge in [0.25, 0.3) is 0 Å². The second kappa shape index (κ2) is 5.75. The Kier molecular flexibility index (Phi) is 4.94. The van der Waals surface area contributed by atoms with E-state index in [1.807, 2.05) is 0 Å². The Balaban J connectivity index is 2.03. The minimum absolute atomic E-state index is 0.0290. The van der Waals surface area contributed by atoms with Crippen LogP contribution in [0.25, 0.3) is 0 Å². The van der Waals surface area contributed by atoms with Crippen molar-refractivity contribution in [2.75, 3.05) is 13.7 Å². The minimum atomic E-state index is -0.841. The van der Waals surface area contributed by atoms with Crippen LogP contribution in [0, 0.1) is 0 Å². The van der Waals surface area contributed by atoms with Gasteiger partial charge in [0.1, 0.15) is 0 Å². The van der Waals surface area contributed by atoms with E-state index in [0.717, 1.165) is 25.9 Å². The van der Waals surface area contributed by atoms with E-state index in [0.29, 0.717) is 6.10 Å². The summed E-state index contributed by atoms with van der Waals surface area (Å²) in [6.45, 7) is 5.23. The lowest BCUT2D eigenvalue weighted by molar-refractivity contribution is -0.117. The Bertz CT molecular complexity index is 141. The first-order valence-corrected chi connectivity index (χ1v) is 7.80. The maximum atomic E-state index is 5.61. The third-order valence-corrected chi connectivity index (χ3v) is 3.12. The molecule has 1 heterocycles. The molecular formula is C9H20O3Si. The smallest absolute Gasteiger partial charge is 0.170 e. The summed E-state index contributed by atoms with van der Waals surface area (Å²) in [6, 6.07) is 0. The second-order valence-corrected chi connectivity index (χ2v) is 6.14. The number of hydrogen-bond acceptors (Lipinski definition) is 3. The highest BCUT2D eigenvalue weighted by Crippen LogP contribution is 2.22. The van der Waals surface area contributed by atoms with Crippen LogP contribution >= 0.6 is 0 Å². The molecular weight excluding hydrogens is 184 g/mol. The summed E-state index contributed by atoms with van der Waals surface area (Å²) in [5, 5.41) is 0. The fraction of sp³-hybridized carbons (Fsp3) is 1.00. The molecule has 2 atom stereocenters. The van der Waals surface area contributed by atoms with Gasteiger partial charge in [-0.3, -0.25) is 0 Å². The van der Waals surface area contributed by atoms with Crippen LogP contribution in [0.2, 0.25) is 13.1 Å². The Morgan fingerprint density at radius 2 is 2.15 bits per heavy atom. The average Bonchev–Trinajstić information content (AvgIpc) is 2.52. The molecule has 0 amide bonds. The quantitative estimate of drug-likeness (QED) is 0.636. The molecule has 1 saturated heterocycles. The van der Waals surface area contributed by atoms with E-state index in [1.165, 1.54) is 0 Å². The van der Waals surface area contributed by atoms with Gasteiger partial charge in [0.05, 0.1) is 6.10 Å². The summed E-state index contributed by atoms with van der Waals surface area (Å²) in [4.78, 5) is 0. The van der Waals surface area contributed by atoms with Gasteiger partial charge in [-0.15, -0.1) is 0 Å². The van der Waals surface area contributed by atoms with Crippen molar-refractivity contribution in [1.82, 2.24) is 0 Å². The Morgan fingerprint density at radius 3 is 2.69 bits per heavy atom. The van der Waals surface area contributed by atoms with E-state index >= 15 is 0 Å². The molecule has 0 radical (unpaired) electrons. The zero-order chi connectivity index (χ0) is 9.68. The predicted octanol–water partition coefficient (Wildman–Crippen LogP) is 1.53. The fourth-order valence-electron chi connectivity index (χ4n) is 1.49. The van der Waals surface area contributed by atoms with Gasteiger partial charge in [-0.25, -0.2) is 0 Å². The third kappa shape index (κ3) is 4.22. The zero-order valence-corrected chi connectivity index (χ0v) is 9.94. The number of ether oxygens (including phenoxy) is 2. The Hall–Kier alpha value is 0.0969. The van der Waals surface area contributed by atoms with Crippen molar-refractivity contribution in [3.8, 4) is 0 Å². The molecule has 78 valence electrons. The molecule has 0 aromatic carbocycles. The van der Waals surface area contributed by atoms with E-state index < -0.39 is 9.04 Å². The van der Waals surface area contributed by atoms with Crippen LogP contribution in [0.15, 0.2) is 0 Å². The van der Waals surface area contributed by atoms with E-state index in [2.05, 4.69) is 13.1 Å². The number of hydrogen-bond donors (Lipinski definition) is 0. The second-order valence-electron chi connectivity index (χ2n) is 3.71.